The fourth-order valence-electron chi connectivity index (χ4n) is 1.95. The molecule has 0 radical (unpaired) electrons. The molecule has 0 saturated heterocycles. The van der Waals surface area contributed by atoms with Gasteiger partial charge in [0, 0.05) is 18.3 Å². The molecule has 1 N–H and O–H groups in total. The molecule has 0 aromatic carbocycles. The van der Waals surface area contributed by atoms with E-state index in [9.17, 15) is 4.79 Å². The van der Waals surface area contributed by atoms with Gasteiger partial charge in [-0.2, -0.15) is 0 Å². The van der Waals surface area contributed by atoms with Gasteiger partial charge in [0.2, 0.25) is 0 Å². The maximum atomic E-state index is 11.7. The van der Waals surface area contributed by atoms with Crippen molar-refractivity contribution in [3.63, 3.8) is 0 Å². The van der Waals surface area contributed by atoms with Gasteiger partial charge in [-0.3, -0.25) is 4.79 Å². The van der Waals surface area contributed by atoms with Crippen LogP contribution in [0.3, 0.4) is 0 Å². The lowest BCUT2D eigenvalue weighted by atomic mass is 10.0. The van der Waals surface area contributed by atoms with Gasteiger partial charge in [-0.25, -0.2) is 4.98 Å². The van der Waals surface area contributed by atoms with Crippen LogP contribution >= 0.6 is 0 Å². The van der Waals surface area contributed by atoms with E-state index in [1.807, 2.05) is 0 Å². The zero-order valence-electron chi connectivity index (χ0n) is 7.62. The highest BCUT2D eigenvalue weighted by Gasteiger charge is 2.22. The lowest BCUT2D eigenvalue weighted by Crippen LogP contribution is -2.14. The number of H-pyrrole nitrogens is 1. The average Bonchev–Trinajstić information content (AvgIpc) is 2.74. The normalized spacial score (nSPS) is 17.8. The summed E-state index contributed by atoms with van der Waals surface area (Å²) in [4.78, 5) is 18.7. The molecule has 0 bridgehead atoms. The van der Waals surface area contributed by atoms with Crippen molar-refractivity contribution in [2.45, 2.75) is 32.1 Å². The van der Waals surface area contributed by atoms with E-state index in [1.165, 1.54) is 12.8 Å². The second-order valence-corrected chi connectivity index (χ2v) is 3.66. The molecule has 1 heterocycles. The monoisotopic (exact) mass is 178 g/mol. The van der Waals surface area contributed by atoms with Crippen LogP contribution < -0.4 is 0 Å². The van der Waals surface area contributed by atoms with Gasteiger partial charge in [0.05, 0.1) is 6.42 Å². The number of hydrogen-bond acceptors (Lipinski definition) is 2. The van der Waals surface area contributed by atoms with Gasteiger partial charge in [0.25, 0.3) is 0 Å². The molecule has 13 heavy (non-hydrogen) atoms. The first-order valence-electron chi connectivity index (χ1n) is 4.87. The number of hydrogen-bond donors (Lipinski definition) is 1. The van der Waals surface area contributed by atoms with E-state index in [-0.39, 0.29) is 0 Å². The van der Waals surface area contributed by atoms with E-state index < -0.39 is 0 Å². The third kappa shape index (κ3) is 1.97. The Hall–Kier alpha value is -1.12. The smallest absolute Gasteiger partial charge is 0.143 e. The number of aromatic amines is 1. The van der Waals surface area contributed by atoms with Crippen molar-refractivity contribution < 1.29 is 4.79 Å². The highest BCUT2D eigenvalue weighted by molar-refractivity contribution is 5.82. The second-order valence-electron chi connectivity index (χ2n) is 3.66. The first-order chi connectivity index (χ1) is 6.36. The van der Waals surface area contributed by atoms with Crippen molar-refractivity contribution in [2.24, 2.45) is 5.92 Å². The summed E-state index contributed by atoms with van der Waals surface area (Å²) in [5, 5.41) is 0. The van der Waals surface area contributed by atoms with Gasteiger partial charge >= 0.3 is 0 Å². The van der Waals surface area contributed by atoms with Crippen LogP contribution in [-0.2, 0) is 11.2 Å². The average molecular weight is 178 g/mol. The van der Waals surface area contributed by atoms with E-state index in [1.54, 1.807) is 12.4 Å². The van der Waals surface area contributed by atoms with Gasteiger partial charge in [-0.1, -0.05) is 12.8 Å². The Morgan fingerprint density at radius 3 is 2.92 bits per heavy atom. The molecule has 1 fully saturated rings. The van der Waals surface area contributed by atoms with Gasteiger partial charge in [0.15, 0.2) is 0 Å². The fourth-order valence-corrected chi connectivity index (χ4v) is 1.95. The molecule has 1 aromatic heterocycles. The minimum absolute atomic E-state index is 0.310. The topological polar surface area (TPSA) is 45.8 Å². The van der Waals surface area contributed by atoms with Crippen LogP contribution in [-0.4, -0.2) is 15.8 Å². The maximum Gasteiger partial charge on any atom is 0.143 e. The molecule has 0 atom stereocenters. The molecular weight excluding hydrogens is 164 g/mol. The Kier molecular flexibility index (Phi) is 2.43. The Labute approximate surface area is 77.6 Å². The van der Waals surface area contributed by atoms with Gasteiger partial charge in [-0.05, 0) is 12.8 Å². The van der Waals surface area contributed by atoms with Crippen molar-refractivity contribution in [1.82, 2.24) is 9.97 Å². The summed E-state index contributed by atoms with van der Waals surface area (Å²) < 4.78 is 0. The molecule has 70 valence electrons. The molecule has 0 unspecified atom stereocenters. The lowest BCUT2D eigenvalue weighted by Gasteiger charge is -2.05. The van der Waals surface area contributed by atoms with Crippen LogP contribution in [0.15, 0.2) is 12.4 Å². The Bertz CT molecular complexity index is 273. The Morgan fingerprint density at radius 2 is 2.31 bits per heavy atom. The molecule has 1 saturated carbocycles. The lowest BCUT2D eigenvalue weighted by molar-refractivity contribution is -0.122. The summed E-state index contributed by atoms with van der Waals surface area (Å²) in [5.74, 6) is 1.47. The molecule has 0 amide bonds. The number of Topliss-reactive ketones (excluding diaryl/α,β-unsaturated/α-hetero) is 1. The summed E-state index contributed by atoms with van der Waals surface area (Å²) in [5.41, 5.74) is 0. The zero-order chi connectivity index (χ0) is 9.10. The number of ketones is 1. The largest absolute Gasteiger partial charge is 0.348 e. The van der Waals surface area contributed by atoms with Crippen LogP contribution in [0.25, 0.3) is 0 Å². The zero-order valence-corrected chi connectivity index (χ0v) is 7.62. The second kappa shape index (κ2) is 3.73. The van der Waals surface area contributed by atoms with Gasteiger partial charge < -0.3 is 4.98 Å². The first kappa shape index (κ1) is 8.48. The third-order valence-corrected chi connectivity index (χ3v) is 2.71. The van der Waals surface area contributed by atoms with E-state index in [4.69, 9.17) is 0 Å². The molecule has 3 nitrogen and oxygen atoms in total. The third-order valence-electron chi connectivity index (χ3n) is 2.71. The molecule has 3 heteroatoms. The van der Waals surface area contributed by atoms with Gasteiger partial charge in [-0.15, -0.1) is 0 Å². The quantitative estimate of drug-likeness (QED) is 0.765. The predicted molar refractivity (Wildman–Crippen MR) is 49.3 cm³/mol. The summed E-state index contributed by atoms with van der Waals surface area (Å²) in [6.45, 7) is 0. The maximum absolute atomic E-state index is 11.7. The number of aromatic nitrogens is 2. The van der Waals surface area contributed by atoms with Crippen molar-refractivity contribution in [1.29, 1.82) is 0 Å². The van der Waals surface area contributed by atoms with E-state index in [0.29, 0.717) is 18.1 Å². The number of imidazole rings is 1. The molecule has 1 aliphatic rings. The van der Waals surface area contributed by atoms with Gasteiger partial charge in [0.1, 0.15) is 11.6 Å². The van der Waals surface area contributed by atoms with Crippen LogP contribution in [0, 0.1) is 5.92 Å². The Morgan fingerprint density at radius 1 is 1.54 bits per heavy atom. The Balaban J connectivity index is 1.91. The van der Waals surface area contributed by atoms with Crippen LogP contribution in [0.1, 0.15) is 31.5 Å². The van der Waals surface area contributed by atoms with Crippen LogP contribution in [0.4, 0.5) is 0 Å². The summed E-state index contributed by atoms with van der Waals surface area (Å²) in [7, 11) is 0. The standard InChI is InChI=1S/C10H14N2O/c13-9(8-3-1-2-4-8)7-10-11-5-6-12-10/h5-6,8H,1-4,7H2,(H,11,12). The van der Waals surface area contributed by atoms with Crippen molar-refractivity contribution in [3.05, 3.63) is 18.2 Å². The molecular formula is C10H14N2O. The number of carbonyl (C=O) groups is 1. The first-order valence-corrected chi connectivity index (χ1v) is 4.87. The summed E-state index contributed by atoms with van der Waals surface area (Å²) in [6, 6.07) is 0. The molecule has 1 aliphatic carbocycles. The molecule has 1 aromatic rings. The number of rotatable bonds is 3. The summed E-state index contributed by atoms with van der Waals surface area (Å²) >= 11 is 0. The van der Waals surface area contributed by atoms with Crippen LogP contribution in [0.2, 0.25) is 0 Å². The molecule has 0 aliphatic heterocycles. The van der Waals surface area contributed by atoms with E-state index >= 15 is 0 Å². The van der Waals surface area contributed by atoms with Crippen molar-refractivity contribution in [2.75, 3.05) is 0 Å². The van der Waals surface area contributed by atoms with Crippen molar-refractivity contribution >= 4 is 5.78 Å². The van der Waals surface area contributed by atoms with Crippen LogP contribution in [0.5, 0.6) is 0 Å². The fraction of sp³-hybridized carbons (Fsp3) is 0.600. The highest BCUT2D eigenvalue weighted by atomic mass is 16.1. The molecule has 2 rings (SSSR count). The summed E-state index contributed by atoms with van der Waals surface area (Å²) in [6.07, 6.45) is 8.54. The van der Waals surface area contributed by atoms with E-state index in [2.05, 4.69) is 9.97 Å². The van der Waals surface area contributed by atoms with Crippen molar-refractivity contribution in [3.8, 4) is 0 Å². The SMILES string of the molecule is O=C(Cc1ncc[nH]1)C1CCCC1. The number of nitrogens with zero attached hydrogens (tertiary/aromatic N) is 1. The minimum Gasteiger partial charge on any atom is -0.348 e. The molecule has 0 spiro atoms. The number of carbonyl (C=O) groups excluding carboxylic acids is 1. The number of nitrogens with one attached hydrogen (secondary N) is 1. The predicted octanol–water partition coefficient (Wildman–Crippen LogP) is 1.71. The minimum atomic E-state index is 0.310. The van der Waals surface area contributed by atoms with E-state index in [0.717, 1.165) is 18.7 Å². The highest BCUT2D eigenvalue weighted by Crippen LogP contribution is 2.26.